The molecule has 1 heterocycles. The van der Waals surface area contributed by atoms with E-state index in [0.717, 1.165) is 55.8 Å². The Hall–Kier alpha value is -0.477. The second kappa shape index (κ2) is 16.1. The Bertz CT molecular complexity index is 709. The second-order valence-corrected chi connectivity index (χ2v) is 17.9. The van der Waals surface area contributed by atoms with Gasteiger partial charge in [0.25, 0.3) is 0 Å². The molecule has 3 aliphatic rings. The summed E-state index contributed by atoms with van der Waals surface area (Å²) in [6, 6.07) is 10.2. The van der Waals surface area contributed by atoms with Gasteiger partial charge in [-0.15, -0.1) is 0 Å². The Morgan fingerprint density at radius 1 is 0.447 bits per heavy atom. The Balaban J connectivity index is 1.60. The maximum absolute atomic E-state index is 6.42. The molecule has 1 aromatic carbocycles. The van der Waals surface area contributed by atoms with Crippen molar-refractivity contribution in [3.8, 4) is 0 Å². The predicted octanol–water partition coefficient (Wildman–Crippen LogP) is 8.83. The molecule has 0 bridgehead atoms. The van der Waals surface area contributed by atoms with Crippen LogP contribution in [0.3, 0.4) is 0 Å². The molecule has 0 radical (unpaired) electrons. The SMILES string of the molecule is [CH3][Ge]1([c]2ccccc2)[O]OC2(CCCCCCCCCCC2)OOC2(CCCCCCCCCCC2)O[O]1. The number of rotatable bonds is 1. The molecule has 2 spiro atoms. The van der Waals surface area contributed by atoms with Gasteiger partial charge in [0, 0.05) is 0 Å². The Morgan fingerprint density at radius 3 is 1.11 bits per heavy atom. The van der Waals surface area contributed by atoms with Gasteiger partial charge in [0.2, 0.25) is 0 Å². The van der Waals surface area contributed by atoms with Crippen molar-refractivity contribution in [2.75, 3.05) is 0 Å². The van der Waals surface area contributed by atoms with Crippen LogP contribution in [-0.2, 0) is 27.4 Å². The van der Waals surface area contributed by atoms with Gasteiger partial charge in [-0.3, -0.25) is 0 Å². The van der Waals surface area contributed by atoms with Crippen molar-refractivity contribution in [2.45, 2.75) is 159 Å². The normalized spacial score (nSPS) is 29.4. The molecule has 0 atom stereocenters. The van der Waals surface area contributed by atoms with Crippen molar-refractivity contribution in [1.29, 1.82) is 0 Å². The van der Waals surface area contributed by atoms with Crippen molar-refractivity contribution in [1.82, 2.24) is 0 Å². The first-order valence-electron chi connectivity index (χ1n) is 15.8. The second-order valence-electron chi connectivity index (χ2n) is 12.0. The molecule has 0 amide bonds. The van der Waals surface area contributed by atoms with Crippen LogP contribution >= 0.6 is 0 Å². The van der Waals surface area contributed by atoms with Gasteiger partial charge in [0.1, 0.15) is 0 Å². The standard InChI is InChI=1S/C31H52GeO6/c1-32(29-23-17-16-18-24-29)37-35-30(25-19-12-8-4-2-5-9-13-20-26-30)33-34-31(36-38-32)27-21-14-10-6-3-7-11-15-22-28-31/h16-18,23-24H,2-15,19-22,25-28H2,1H3. The summed E-state index contributed by atoms with van der Waals surface area (Å²) in [5.41, 5.74) is 0. The van der Waals surface area contributed by atoms with Gasteiger partial charge in [-0.1, -0.05) is 0 Å². The monoisotopic (exact) mass is 594 g/mol. The Morgan fingerprint density at radius 2 is 0.763 bits per heavy atom. The molecule has 216 valence electrons. The third-order valence-electron chi connectivity index (χ3n) is 8.58. The molecule has 4 rings (SSSR count). The van der Waals surface area contributed by atoms with Crippen LogP contribution in [-0.4, -0.2) is 25.5 Å². The first kappa shape index (κ1) is 30.5. The summed E-state index contributed by atoms with van der Waals surface area (Å²) in [5.74, 6) is 0.148. The molecule has 0 aromatic heterocycles. The maximum atomic E-state index is 6.42. The number of hydrogen-bond acceptors (Lipinski definition) is 6. The molecule has 7 heteroatoms. The average Bonchev–Trinajstić information content (AvgIpc) is 2.98. The van der Waals surface area contributed by atoms with E-state index in [1.165, 1.54) is 89.9 Å². The molecule has 2 saturated carbocycles. The molecule has 1 aromatic rings. The van der Waals surface area contributed by atoms with Gasteiger partial charge in [0.05, 0.1) is 0 Å². The fourth-order valence-corrected chi connectivity index (χ4v) is 9.42. The van der Waals surface area contributed by atoms with Crippen molar-refractivity contribution in [3.05, 3.63) is 30.3 Å². The molecule has 2 aliphatic carbocycles. The molecule has 1 saturated heterocycles. The number of hydrogen-bond donors (Lipinski definition) is 0. The van der Waals surface area contributed by atoms with E-state index in [1.54, 1.807) is 0 Å². The van der Waals surface area contributed by atoms with Crippen molar-refractivity contribution >= 4 is 18.3 Å². The van der Waals surface area contributed by atoms with E-state index < -0.39 is 25.5 Å². The summed E-state index contributed by atoms with van der Waals surface area (Å²) >= 11 is -3.73. The van der Waals surface area contributed by atoms with Crippen LogP contribution in [0.5, 0.6) is 0 Å². The van der Waals surface area contributed by atoms with Crippen LogP contribution in [0.1, 0.15) is 141 Å². The van der Waals surface area contributed by atoms with Crippen molar-refractivity contribution in [2.24, 2.45) is 0 Å². The van der Waals surface area contributed by atoms with E-state index in [0.29, 0.717) is 0 Å². The Labute approximate surface area is 234 Å². The third-order valence-corrected chi connectivity index (χ3v) is 13.2. The first-order valence-corrected chi connectivity index (χ1v) is 20.7. The summed E-state index contributed by atoms with van der Waals surface area (Å²) in [6.07, 6.45) is 24.8. The average molecular weight is 593 g/mol. The minimum atomic E-state index is -3.73. The van der Waals surface area contributed by atoms with Crippen LogP contribution in [0, 0.1) is 0 Å². The Kier molecular flexibility index (Phi) is 12.9. The quantitative estimate of drug-likeness (QED) is 0.240. The van der Waals surface area contributed by atoms with E-state index >= 15 is 0 Å². The third kappa shape index (κ3) is 9.57. The summed E-state index contributed by atoms with van der Waals surface area (Å²) in [7, 11) is 0. The van der Waals surface area contributed by atoms with Crippen LogP contribution in [0.4, 0.5) is 0 Å². The molecule has 0 unspecified atom stereocenters. The summed E-state index contributed by atoms with van der Waals surface area (Å²) < 4.78 is 13.7. The topological polar surface area (TPSA) is 55.4 Å². The van der Waals surface area contributed by atoms with Crippen LogP contribution < -0.4 is 4.40 Å². The zero-order chi connectivity index (χ0) is 26.4. The van der Waals surface area contributed by atoms with E-state index in [-0.39, 0.29) is 0 Å². The fraction of sp³-hybridized carbons (Fsp3) is 0.806. The van der Waals surface area contributed by atoms with Gasteiger partial charge in [0.15, 0.2) is 0 Å². The van der Waals surface area contributed by atoms with Crippen LogP contribution in [0.25, 0.3) is 0 Å². The van der Waals surface area contributed by atoms with Crippen LogP contribution in [0.2, 0.25) is 5.76 Å². The summed E-state index contributed by atoms with van der Waals surface area (Å²) in [6.45, 7) is 0. The van der Waals surface area contributed by atoms with Crippen molar-refractivity contribution < 1.29 is 27.4 Å². The predicted molar refractivity (Wildman–Crippen MR) is 151 cm³/mol. The van der Waals surface area contributed by atoms with Gasteiger partial charge < -0.3 is 0 Å². The molecular formula is C31H52GeO6. The zero-order valence-electron chi connectivity index (χ0n) is 23.9. The van der Waals surface area contributed by atoms with Gasteiger partial charge in [-0.2, -0.15) is 0 Å². The van der Waals surface area contributed by atoms with E-state index in [9.17, 15) is 0 Å². The van der Waals surface area contributed by atoms with E-state index in [4.69, 9.17) is 27.4 Å². The summed E-state index contributed by atoms with van der Waals surface area (Å²) in [5, 5.41) is 0. The minimum absolute atomic E-state index is 0.746. The van der Waals surface area contributed by atoms with Gasteiger partial charge >= 0.3 is 235 Å². The van der Waals surface area contributed by atoms with Gasteiger partial charge in [-0.05, 0) is 0 Å². The van der Waals surface area contributed by atoms with Crippen molar-refractivity contribution in [3.63, 3.8) is 0 Å². The van der Waals surface area contributed by atoms with Crippen LogP contribution in [0.15, 0.2) is 30.3 Å². The van der Waals surface area contributed by atoms with Gasteiger partial charge in [-0.25, -0.2) is 0 Å². The zero-order valence-corrected chi connectivity index (χ0v) is 26.0. The molecule has 3 fully saturated rings. The first-order chi connectivity index (χ1) is 18.6. The molecule has 38 heavy (non-hydrogen) atoms. The number of benzene rings is 1. The van der Waals surface area contributed by atoms with E-state index in [1.807, 2.05) is 24.0 Å². The molecule has 0 N–H and O–H groups in total. The molecular weight excluding hydrogens is 541 g/mol. The fourth-order valence-electron chi connectivity index (χ4n) is 5.98. The molecule has 6 nitrogen and oxygen atoms in total. The summed E-state index contributed by atoms with van der Waals surface area (Å²) in [4.78, 5) is 25.6. The van der Waals surface area contributed by atoms with E-state index in [2.05, 4.69) is 12.1 Å². The molecule has 1 aliphatic heterocycles.